The van der Waals surface area contributed by atoms with E-state index in [9.17, 15) is 0 Å². The van der Waals surface area contributed by atoms with Crippen LogP contribution in [0.1, 0.15) is 50.8 Å². The van der Waals surface area contributed by atoms with E-state index in [2.05, 4.69) is 25.8 Å². The lowest BCUT2D eigenvalue weighted by molar-refractivity contribution is -0.108. The van der Waals surface area contributed by atoms with E-state index in [4.69, 9.17) is 14.2 Å². The summed E-state index contributed by atoms with van der Waals surface area (Å²) >= 11 is 1.59. The molecule has 1 aromatic heterocycles. The second-order valence-corrected chi connectivity index (χ2v) is 6.01. The van der Waals surface area contributed by atoms with Gasteiger partial charge in [-0.15, -0.1) is 11.3 Å². The van der Waals surface area contributed by atoms with E-state index in [0.717, 1.165) is 10.7 Å². The van der Waals surface area contributed by atoms with Gasteiger partial charge in [-0.3, -0.25) is 0 Å². The molecule has 1 aromatic rings. The van der Waals surface area contributed by atoms with Gasteiger partial charge in [0.25, 0.3) is 0 Å². The first-order valence-electron chi connectivity index (χ1n) is 6.06. The van der Waals surface area contributed by atoms with E-state index in [1.807, 2.05) is 12.3 Å². The molecule has 0 bridgehead atoms. The van der Waals surface area contributed by atoms with Gasteiger partial charge >= 0.3 is 0 Å². The van der Waals surface area contributed by atoms with E-state index in [1.165, 1.54) is 0 Å². The van der Waals surface area contributed by atoms with Gasteiger partial charge in [0, 0.05) is 26.2 Å². The molecule has 104 valence electrons. The number of hydrogen-bond acceptors (Lipinski definition) is 5. The van der Waals surface area contributed by atoms with Crippen molar-refractivity contribution in [2.45, 2.75) is 40.1 Å². The molecule has 0 saturated carbocycles. The Balaban J connectivity index is 2.94. The summed E-state index contributed by atoms with van der Waals surface area (Å²) in [6.45, 7) is 9.13. The van der Waals surface area contributed by atoms with Gasteiger partial charge in [-0.25, -0.2) is 4.98 Å². The topological polar surface area (TPSA) is 40.6 Å². The second kappa shape index (κ2) is 6.61. The molecule has 1 atom stereocenters. The summed E-state index contributed by atoms with van der Waals surface area (Å²) in [6.07, 6.45) is -0.409. The zero-order valence-corrected chi connectivity index (χ0v) is 12.8. The molecule has 0 aromatic carbocycles. The largest absolute Gasteiger partial charge is 0.371 e. The van der Waals surface area contributed by atoms with Crippen LogP contribution in [0.4, 0.5) is 0 Å². The van der Waals surface area contributed by atoms with Crippen LogP contribution in [0.25, 0.3) is 0 Å². The monoisotopic (exact) mass is 273 g/mol. The molecule has 0 fully saturated rings. The van der Waals surface area contributed by atoms with Gasteiger partial charge in [0.05, 0.1) is 0 Å². The minimum atomic E-state index is -0.405. The molecular formula is C13H23NO3S. The Morgan fingerprint density at radius 1 is 1.28 bits per heavy atom. The zero-order valence-electron chi connectivity index (χ0n) is 12.0. The van der Waals surface area contributed by atoms with E-state index < -0.39 is 6.29 Å². The maximum Gasteiger partial charge on any atom is 0.201 e. The van der Waals surface area contributed by atoms with Crippen molar-refractivity contribution in [2.75, 3.05) is 20.8 Å². The molecule has 4 nitrogen and oxygen atoms in total. The summed E-state index contributed by atoms with van der Waals surface area (Å²) in [5, 5.41) is 2.93. The summed E-state index contributed by atoms with van der Waals surface area (Å²) in [6, 6.07) is 0. The fourth-order valence-electron chi connectivity index (χ4n) is 1.73. The number of rotatable bonds is 6. The lowest BCUT2D eigenvalue weighted by atomic mass is 9.89. The minimum Gasteiger partial charge on any atom is -0.371 e. The lowest BCUT2D eigenvalue weighted by Gasteiger charge is -2.28. The third-order valence-corrected chi connectivity index (χ3v) is 3.46. The fraction of sp³-hybridized carbons (Fsp3) is 0.769. The zero-order chi connectivity index (χ0) is 13.8. The molecule has 0 aliphatic carbocycles. The van der Waals surface area contributed by atoms with Crippen LogP contribution < -0.4 is 0 Å². The standard InChI is InChI=1S/C13H23NO3S/c1-7-17-10(13(2,3)4)11-14-9(8-18-11)12(15-5)16-6/h8,10,12H,7H2,1-6H3. The van der Waals surface area contributed by atoms with Crippen molar-refractivity contribution >= 4 is 11.3 Å². The Bertz CT molecular complexity index is 355. The number of aromatic nitrogens is 1. The van der Waals surface area contributed by atoms with E-state index >= 15 is 0 Å². The van der Waals surface area contributed by atoms with Crippen molar-refractivity contribution in [1.29, 1.82) is 0 Å². The van der Waals surface area contributed by atoms with Crippen molar-refractivity contribution < 1.29 is 14.2 Å². The van der Waals surface area contributed by atoms with Crippen LogP contribution in [-0.4, -0.2) is 25.8 Å². The number of thiazole rings is 1. The summed E-state index contributed by atoms with van der Waals surface area (Å²) in [7, 11) is 3.22. The van der Waals surface area contributed by atoms with E-state index in [-0.39, 0.29) is 11.5 Å². The smallest absolute Gasteiger partial charge is 0.201 e. The Morgan fingerprint density at radius 3 is 2.33 bits per heavy atom. The lowest BCUT2D eigenvalue weighted by Crippen LogP contribution is -2.21. The predicted octanol–water partition coefficient (Wildman–Crippen LogP) is 3.56. The maximum absolute atomic E-state index is 5.82. The molecule has 1 rings (SSSR count). The van der Waals surface area contributed by atoms with Gasteiger partial charge in [-0.2, -0.15) is 0 Å². The highest BCUT2D eigenvalue weighted by Crippen LogP contribution is 2.38. The van der Waals surface area contributed by atoms with Gasteiger partial charge < -0.3 is 14.2 Å². The van der Waals surface area contributed by atoms with Crippen LogP contribution in [0.5, 0.6) is 0 Å². The van der Waals surface area contributed by atoms with Crippen LogP contribution in [0.3, 0.4) is 0 Å². The normalized spacial score (nSPS) is 14.2. The molecular weight excluding hydrogens is 250 g/mol. The molecule has 0 saturated heterocycles. The van der Waals surface area contributed by atoms with Crippen LogP contribution in [0.2, 0.25) is 0 Å². The summed E-state index contributed by atoms with van der Waals surface area (Å²) < 4.78 is 16.2. The van der Waals surface area contributed by atoms with Crippen LogP contribution in [0, 0.1) is 5.41 Å². The van der Waals surface area contributed by atoms with Crippen LogP contribution in [-0.2, 0) is 14.2 Å². The third kappa shape index (κ3) is 3.75. The molecule has 5 heteroatoms. The highest BCUT2D eigenvalue weighted by atomic mass is 32.1. The number of ether oxygens (including phenoxy) is 3. The molecule has 0 amide bonds. The van der Waals surface area contributed by atoms with E-state index in [1.54, 1.807) is 25.6 Å². The highest BCUT2D eigenvalue weighted by molar-refractivity contribution is 7.09. The predicted molar refractivity (Wildman–Crippen MR) is 72.7 cm³/mol. The van der Waals surface area contributed by atoms with E-state index in [0.29, 0.717) is 6.61 Å². The van der Waals surface area contributed by atoms with Crippen LogP contribution in [0.15, 0.2) is 5.38 Å². The molecule has 1 heterocycles. The maximum atomic E-state index is 5.82. The molecule has 0 aliphatic heterocycles. The summed E-state index contributed by atoms with van der Waals surface area (Å²) in [5.74, 6) is 0. The molecule has 0 N–H and O–H groups in total. The molecule has 0 radical (unpaired) electrons. The Hall–Kier alpha value is -0.490. The number of methoxy groups -OCH3 is 2. The van der Waals surface area contributed by atoms with Crippen LogP contribution >= 0.6 is 11.3 Å². The first kappa shape index (κ1) is 15.6. The number of hydrogen-bond donors (Lipinski definition) is 0. The van der Waals surface area contributed by atoms with Gasteiger partial charge in [0.1, 0.15) is 16.8 Å². The first-order valence-corrected chi connectivity index (χ1v) is 6.94. The Morgan fingerprint density at radius 2 is 1.89 bits per heavy atom. The van der Waals surface area contributed by atoms with Crippen molar-refractivity contribution in [3.8, 4) is 0 Å². The average molecular weight is 273 g/mol. The van der Waals surface area contributed by atoms with Crippen molar-refractivity contribution in [1.82, 2.24) is 4.98 Å². The SMILES string of the molecule is CCOC(c1nc(C(OC)OC)cs1)C(C)(C)C. The van der Waals surface area contributed by atoms with Gasteiger partial charge in [-0.1, -0.05) is 20.8 Å². The fourth-order valence-corrected chi connectivity index (χ4v) is 2.83. The first-order chi connectivity index (χ1) is 8.43. The van der Waals surface area contributed by atoms with Gasteiger partial charge in [0.2, 0.25) is 6.29 Å². The van der Waals surface area contributed by atoms with Gasteiger partial charge in [0.15, 0.2) is 0 Å². The van der Waals surface area contributed by atoms with Crippen molar-refractivity contribution in [3.05, 3.63) is 16.1 Å². The second-order valence-electron chi connectivity index (χ2n) is 5.12. The molecule has 0 spiro atoms. The van der Waals surface area contributed by atoms with Crippen molar-refractivity contribution in [3.63, 3.8) is 0 Å². The summed E-state index contributed by atoms with van der Waals surface area (Å²) in [4.78, 5) is 4.58. The molecule has 0 aliphatic rings. The third-order valence-electron chi connectivity index (χ3n) is 2.55. The van der Waals surface area contributed by atoms with Gasteiger partial charge in [-0.05, 0) is 12.3 Å². The minimum absolute atomic E-state index is 0.00406. The summed E-state index contributed by atoms with van der Waals surface area (Å²) in [5.41, 5.74) is 0.815. The quantitative estimate of drug-likeness (QED) is 0.743. The molecule has 1 unspecified atom stereocenters. The highest BCUT2D eigenvalue weighted by Gasteiger charge is 2.30. The van der Waals surface area contributed by atoms with Crippen molar-refractivity contribution in [2.24, 2.45) is 5.41 Å². The Kier molecular flexibility index (Phi) is 5.72. The Labute approximate surface area is 113 Å². The number of nitrogens with zero attached hydrogens (tertiary/aromatic N) is 1. The molecule has 18 heavy (non-hydrogen) atoms. The average Bonchev–Trinajstić information content (AvgIpc) is 2.75.